The number of fused-ring (bicyclic) bond motifs is 3. The first-order valence-corrected chi connectivity index (χ1v) is 7.55. The van der Waals surface area contributed by atoms with E-state index in [9.17, 15) is 9.90 Å². The number of allylic oxidation sites excluding steroid dienone is 4. The van der Waals surface area contributed by atoms with Crippen molar-refractivity contribution in [1.29, 1.82) is 0 Å². The number of ketones is 1. The van der Waals surface area contributed by atoms with Gasteiger partial charge < -0.3 is 5.11 Å². The lowest BCUT2D eigenvalue weighted by molar-refractivity contribution is -0.115. The number of aliphatic hydroxyl groups is 1. The number of carbonyl (C=O) groups is 1. The summed E-state index contributed by atoms with van der Waals surface area (Å²) in [6.07, 6.45) is 10.3. The van der Waals surface area contributed by atoms with E-state index in [0.717, 1.165) is 32.1 Å². The van der Waals surface area contributed by atoms with Crippen LogP contribution in [0.15, 0.2) is 23.3 Å². The van der Waals surface area contributed by atoms with Gasteiger partial charge in [-0.25, -0.2) is 0 Å². The third-order valence-corrected chi connectivity index (χ3v) is 5.92. The number of hydrogen-bond acceptors (Lipinski definition) is 2. The minimum Gasteiger partial charge on any atom is -0.396 e. The molecule has 3 atom stereocenters. The van der Waals surface area contributed by atoms with Gasteiger partial charge in [-0.3, -0.25) is 4.79 Å². The van der Waals surface area contributed by atoms with E-state index in [1.807, 2.05) is 6.08 Å². The Labute approximate surface area is 115 Å². The van der Waals surface area contributed by atoms with Gasteiger partial charge in [0.25, 0.3) is 0 Å². The molecule has 0 amide bonds. The van der Waals surface area contributed by atoms with E-state index < -0.39 is 0 Å². The molecule has 0 saturated heterocycles. The summed E-state index contributed by atoms with van der Waals surface area (Å²) in [4.78, 5) is 11.8. The average molecular weight is 260 g/mol. The second-order valence-corrected chi connectivity index (χ2v) is 7.13. The van der Waals surface area contributed by atoms with Crippen LogP contribution in [0.1, 0.15) is 52.4 Å². The van der Waals surface area contributed by atoms with Crippen LogP contribution in [0.3, 0.4) is 0 Å². The van der Waals surface area contributed by atoms with Crippen LogP contribution < -0.4 is 0 Å². The molecule has 19 heavy (non-hydrogen) atoms. The summed E-state index contributed by atoms with van der Waals surface area (Å²) in [7, 11) is 0. The maximum atomic E-state index is 11.8. The van der Waals surface area contributed by atoms with Gasteiger partial charge in [-0.05, 0) is 59.7 Å². The fraction of sp³-hybridized carbons (Fsp3) is 0.706. The summed E-state index contributed by atoms with van der Waals surface area (Å²) in [6.45, 7) is 4.80. The topological polar surface area (TPSA) is 37.3 Å². The predicted octanol–water partition coefficient (Wildman–Crippen LogP) is 3.41. The summed E-state index contributed by atoms with van der Waals surface area (Å²) in [6, 6.07) is 0. The molecule has 3 rings (SSSR count). The molecular weight excluding hydrogens is 236 g/mol. The molecule has 2 heteroatoms. The van der Waals surface area contributed by atoms with Gasteiger partial charge in [-0.2, -0.15) is 0 Å². The highest BCUT2D eigenvalue weighted by Crippen LogP contribution is 2.60. The molecule has 3 aliphatic rings. The van der Waals surface area contributed by atoms with Gasteiger partial charge >= 0.3 is 0 Å². The standard InChI is InChI=1S/C17H24O2/c1-16(11-18)8-3-9-17(2)14-10-13(19)6-4-12(14)5-7-15(16)17/h5,10,15,18H,3-4,6-9,11H2,1-2H3/t15-,16+,17+/m1/s1. The highest BCUT2D eigenvalue weighted by atomic mass is 16.3. The van der Waals surface area contributed by atoms with Gasteiger partial charge in [-0.1, -0.05) is 26.3 Å². The van der Waals surface area contributed by atoms with Gasteiger partial charge in [0.15, 0.2) is 5.78 Å². The van der Waals surface area contributed by atoms with Crippen molar-refractivity contribution < 1.29 is 9.90 Å². The largest absolute Gasteiger partial charge is 0.396 e. The van der Waals surface area contributed by atoms with Crippen LogP contribution in [-0.4, -0.2) is 17.5 Å². The van der Waals surface area contributed by atoms with Crippen molar-refractivity contribution in [3.8, 4) is 0 Å². The molecule has 104 valence electrons. The predicted molar refractivity (Wildman–Crippen MR) is 75.7 cm³/mol. The third-order valence-electron chi connectivity index (χ3n) is 5.92. The van der Waals surface area contributed by atoms with Crippen molar-refractivity contribution in [2.75, 3.05) is 6.61 Å². The molecule has 3 aliphatic carbocycles. The van der Waals surface area contributed by atoms with E-state index in [1.54, 1.807) is 0 Å². The SMILES string of the molecule is C[C@@]1(CO)CCC[C@@]2(C)C3=CC(=O)CCC3=CC[C@H]12. The molecular formula is C17H24O2. The Bertz CT molecular complexity index is 474. The van der Waals surface area contributed by atoms with Crippen molar-refractivity contribution in [3.63, 3.8) is 0 Å². The fourth-order valence-electron chi connectivity index (χ4n) is 4.76. The highest BCUT2D eigenvalue weighted by molar-refractivity contribution is 5.93. The summed E-state index contributed by atoms with van der Waals surface area (Å²) in [5.74, 6) is 0.755. The van der Waals surface area contributed by atoms with E-state index >= 15 is 0 Å². The van der Waals surface area contributed by atoms with Crippen LogP contribution in [0.2, 0.25) is 0 Å². The Morgan fingerprint density at radius 3 is 2.84 bits per heavy atom. The zero-order chi connectivity index (χ0) is 13.7. The molecule has 0 aromatic carbocycles. The molecule has 0 heterocycles. The van der Waals surface area contributed by atoms with Gasteiger partial charge in [0.05, 0.1) is 0 Å². The maximum Gasteiger partial charge on any atom is 0.156 e. The lowest BCUT2D eigenvalue weighted by atomic mass is 9.49. The summed E-state index contributed by atoms with van der Waals surface area (Å²) < 4.78 is 0. The molecule has 0 radical (unpaired) electrons. The second-order valence-electron chi connectivity index (χ2n) is 7.13. The van der Waals surface area contributed by atoms with Crippen LogP contribution in [0, 0.1) is 16.7 Å². The molecule has 0 unspecified atom stereocenters. The van der Waals surface area contributed by atoms with Gasteiger partial charge in [-0.15, -0.1) is 0 Å². The minimum absolute atomic E-state index is 0.0103. The van der Waals surface area contributed by atoms with Crippen LogP contribution in [0.4, 0.5) is 0 Å². The minimum atomic E-state index is 0.0103. The first kappa shape index (κ1) is 13.1. The number of carbonyl (C=O) groups excluding carboxylic acids is 1. The molecule has 2 nitrogen and oxygen atoms in total. The van der Waals surface area contributed by atoms with Crippen LogP contribution >= 0.6 is 0 Å². The monoisotopic (exact) mass is 260 g/mol. The van der Waals surface area contributed by atoms with E-state index in [-0.39, 0.29) is 23.2 Å². The van der Waals surface area contributed by atoms with E-state index in [4.69, 9.17) is 0 Å². The van der Waals surface area contributed by atoms with Gasteiger partial charge in [0.2, 0.25) is 0 Å². The van der Waals surface area contributed by atoms with Gasteiger partial charge in [0.1, 0.15) is 0 Å². The Morgan fingerprint density at radius 1 is 1.32 bits per heavy atom. The lowest BCUT2D eigenvalue weighted by Gasteiger charge is -2.55. The van der Waals surface area contributed by atoms with Crippen LogP contribution in [0.25, 0.3) is 0 Å². The zero-order valence-electron chi connectivity index (χ0n) is 12.0. The normalized spacial score (nSPS) is 42.1. The second kappa shape index (κ2) is 4.31. The first-order valence-electron chi connectivity index (χ1n) is 7.55. The lowest BCUT2D eigenvalue weighted by Crippen LogP contribution is -2.48. The Balaban J connectivity index is 2.08. The molecule has 1 N–H and O–H groups in total. The van der Waals surface area contributed by atoms with Crippen molar-refractivity contribution in [3.05, 3.63) is 23.3 Å². The quantitative estimate of drug-likeness (QED) is 0.784. The maximum absolute atomic E-state index is 11.8. The molecule has 1 fully saturated rings. The Kier molecular flexibility index (Phi) is 2.97. The molecule has 0 spiro atoms. The van der Waals surface area contributed by atoms with Crippen LogP contribution in [-0.2, 0) is 4.79 Å². The first-order chi connectivity index (χ1) is 8.99. The van der Waals surface area contributed by atoms with E-state index in [2.05, 4.69) is 19.9 Å². The van der Waals surface area contributed by atoms with Crippen molar-refractivity contribution in [2.45, 2.75) is 52.4 Å². The molecule has 0 aromatic heterocycles. The van der Waals surface area contributed by atoms with Gasteiger partial charge in [0, 0.05) is 13.0 Å². The summed E-state index contributed by atoms with van der Waals surface area (Å²) >= 11 is 0. The summed E-state index contributed by atoms with van der Waals surface area (Å²) in [5, 5.41) is 9.84. The van der Waals surface area contributed by atoms with Crippen LogP contribution in [0.5, 0.6) is 0 Å². The van der Waals surface area contributed by atoms with E-state index in [1.165, 1.54) is 11.1 Å². The number of aliphatic hydroxyl groups excluding tert-OH is 1. The smallest absolute Gasteiger partial charge is 0.156 e. The molecule has 0 aliphatic heterocycles. The fourth-order valence-corrected chi connectivity index (χ4v) is 4.76. The molecule has 1 saturated carbocycles. The number of hydrogen-bond donors (Lipinski definition) is 1. The summed E-state index contributed by atoms with van der Waals surface area (Å²) in [5.41, 5.74) is 2.80. The average Bonchev–Trinajstić information content (AvgIpc) is 2.39. The molecule has 0 bridgehead atoms. The van der Waals surface area contributed by atoms with Crippen molar-refractivity contribution in [1.82, 2.24) is 0 Å². The highest BCUT2D eigenvalue weighted by Gasteiger charge is 2.52. The zero-order valence-corrected chi connectivity index (χ0v) is 12.0. The molecule has 0 aromatic rings. The third kappa shape index (κ3) is 1.84. The van der Waals surface area contributed by atoms with Crippen molar-refractivity contribution >= 4 is 5.78 Å². The van der Waals surface area contributed by atoms with E-state index in [0.29, 0.717) is 12.3 Å². The Hall–Kier alpha value is -0.890. The Morgan fingerprint density at radius 2 is 2.11 bits per heavy atom. The van der Waals surface area contributed by atoms with Crippen molar-refractivity contribution in [2.24, 2.45) is 16.7 Å². The number of rotatable bonds is 1.